The quantitative estimate of drug-likeness (QED) is 0.646. The summed E-state index contributed by atoms with van der Waals surface area (Å²) in [6.45, 7) is 0. The van der Waals surface area contributed by atoms with Gasteiger partial charge in [-0.3, -0.25) is 14.4 Å². The van der Waals surface area contributed by atoms with Crippen LogP contribution in [0.3, 0.4) is 0 Å². The predicted molar refractivity (Wildman–Crippen MR) is 106 cm³/mol. The molecule has 0 radical (unpaired) electrons. The lowest BCUT2D eigenvalue weighted by molar-refractivity contribution is -0.133. The lowest BCUT2D eigenvalue weighted by Gasteiger charge is -2.09. The summed E-state index contributed by atoms with van der Waals surface area (Å²) in [6, 6.07) is 14.1. The molecule has 27 heavy (non-hydrogen) atoms. The number of anilines is 2. The lowest BCUT2D eigenvalue weighted by atomic mass is 10.1. The maximum absolute atomic E-state index is 12.4. The van der Waals surface area contributed by atoms with Crippen molar-refractivity contribution in [2.45, 2.75) is 18.6 Å². The number of benzene rings is 2. The third-order valence-corrected chi connectivity index (χ3v) is 5.03. The summed E-state index contributed by atoms with van der Waals surface area (Å²) in [5.41, 5.74) is 2.77. The summed E-state index contributed by atoms with van der Waals surface area (Å²) < 4.78 is 0. The lowest BCUT2D eigenvalue weighted by Crippen LogP contribution is -2.14. The molecule has 2 amide bonds. The topological polar surface area (TPSA) is 95.5 Å². The van der Waals surface area contributed by atoms with E-state index < -0.39 is 5.97 Å². The second-order valence-electron chi connectivity index (χ2n) is 6.38. The van der Waals surface area contributed by atoms with Crippen molar-refractivity contribution in [3.8, 4) is 0 Å². The van der Waals surface area contributed by atoms with E-state index in [-0.39, 0.29) is 23.5 Å². The van der Waals surface area contributed by atoms with Crippen molar-refractivity contribution in [1.82, 2.24) is 0 Å². The van der Waals surface area contributed by atoms with Crippen molar-refractivity contribution >= 4 is 40.9 Å². The molecule has 0 unspecified atom stereocenters. The van der Waals surface area contributed by atoms with Crippen LogP contribution < -0.4 is 10.6 Å². The number of carboxylic acid groups (broad SMARTS) is 1. The summed E-state index contributed by atoms with van der Waals surface area (Å²) in [4.78, 5) is 34.7. The molecule has 2 aromatic carbocycles. The van der Waals surface area contributed by atoms with Gasteiger partial charge in [-0.2, -0.15) is 0 Å². The molecule has 0 heterocycles. The highest BCUT2D eigenvalue weighted by Crippen LogP contribution is 2.30. The molecule has 0 aromatic heterocycles. The summed E-state index contributed by atoms with van der Waals surface area (Å²) in [5, 5.41) is 14.4. The summed E-state index contributed by atoms with van der Waals surface area (Å²) in [6.07, 6.45) is 1.89. The number of nitrogens with one attached hydrogen (secondary N) is 2. The normalized spacial score (nSPS) is 13.0. The number of thioether (sulfide) groups is 1. The number of rotatable bonds is 8. The van der Waals surface area contributed by atoms with E-state index in [4.69, 9.17) is 5.11 Å². The first-order valence-corrected chi connectivity index (χ1v) is 9.77. The minimum absolute atomic E-state index is 0.0322. The van der Waals surface area contributed by atoms with Gasteiger partial charge in [0.25, 0.3) is 5.91 Å². The van der Waals surface area contributed by atoms with Crippen LogP contribution in [0.4, 0.5) is 11.4 Å². The third-order valence-electron chi connectivity index (χ3n) is 4.04. The van der Waals surface area contributed by atoms with E-state index in [0.717, 1.165) is 18.4 Å². The number of carboxylic acids is 1. The van der Waals surface area contributed by atoms with E-state index in [1.54, 1.807) is 30.3 Å². The fourth-order valence-electron chi connectivity index (χ4n) is 2.49. The molecule has 0 spiro atoms. The van der Waals surface area contributed by atoms with Gasteiger partial charge in [0.1, 0.15) is 0 Å². The Bertz CT molecular complexity index is 847. The highest BCUT2D eigenvalue weighted by molar-refractivity contribution is 7.99. The van der Waals surface area contributed by atoms with Gasteiger partial charge in [-0.1, -0.05) is 12.1 Å². The average Bonchev–Trinajstić information content (AvgIpc) is 3.47. The summed E-state index contributed by atoms with van der Waals surface area (Å²) >= 11 is 1.30. The molecule has 140 valence electrons. The van der Waals surface area contributed by atoms with Crippen LogP contribution in [0.1, 0.15) is 28.8 Å². The Labute approximate surface area is 161 Å². The summed E-state index contributed by atoms with van der Waals surface area (Å²) in [5.74, 6) is -0.323. The molecule has 3 N–H and O–H groups in total. The van der Waals surface area contributed by atoms with E-state index in [9.17, 15) is 14.4 Å². The maximum Gasteiger partial charge on any atom is 0.313 e. The SMILES string of the molecule is O=C(O)CSCc1cccc(NC(=O)c2ccc(NC(=O)C3CC3)cc2)c1. The van der Waals surface area contributed by atoms with Gasteiger partial charge in [-0.25, -0.2) is 0 Å². The van der Waals surface area contributed by atoms with E-state index in [1.807, 2.05) is 18.2 Å². The van der Waals surface area contributed by atoms with Gasteiger partial charge >= 0.3 is 5.97 Å². The smallest absolute Gasteiger partial charge is 0.313 e. The van der Waals surface area contributed by atoms with Crippen LogP contribution in [-0.2, 0) is 15.3 Å². The number of carbonyl (C=O) groups excluding carboxylic acids is 2. The Hall–Kier alpha value is -2.80. The Morgan fingerprint density at radius 3 is 2.41 bits per heavy atom. The number of carbonyl (C=O) groups is 3. The number of hydrogen-bond donors (Lipinski definition) is 3. The first kappa shape index (κ1) is 19.0. The van der Waals surface area contributed by atoms with Gasteiger partial charge in [-0.15, -0.1) is 11.8 Å². The minimum atomic E-state index is -0.846. The van der Waals surface area contributed by atoms with E-state index in [1.165, 1.54) is 11.8 Å². The molecule has 3 rings (SSSR count). The zero-order valence-corrected chi connectivity index (χ0v) is 15.4. The second-order valence-corrected chi connectivity index (χ2v) is 7.37. The zero-order valence-electron chi connectivity index (χ0n) is 14.6. The van der Waals surface area contributed by atoms with Gasteiger partial charge in [0.2, 0.25) is 5.91 Å². The predicted octanol–water partition coefficient (Wildman–Crippen LogP) is 3.61. The van der Waals surface area contributed by atoms with Crippen LogP contribution in [0.25, 0.3) is 0 Å². The van der Waals surface area contributed by atoms with Crippen molar-refractivity contribution in [3.05, 3.63) is 59.7 Å². The highest BCUT2D eigenvalue weighted by atomic mass is 32.2. The molecule has 0 aliphatic heterocycles. The Balaban J connectivity index is 1.56. The van der Waals surface area contributed by atoms with Crippen molar-refractivity contribution in [1.29, 1.82) is 0 Å². The molecular weight excluding hydrogens is 364 g/mol. The first-order valence-electron chi connectivity index (χ1n) is 8.62. The third kappa shape index (κ3) is 5.86. The van der Waals surface area contributed by atoms with Gasteiger partial charge in [0.05, 0.1) is 5.75 Å². The molecular formula is C20H20N2O4S. The molecule has 2 aromatic rings. The molecule has 0 atom stereocenters. The fourth-order valence-corrected chi connectivity index (χ4v) is 3.19. The molecule has 1 saturated carbocycles. The molecule has 1 aliphatic carbocycles. The zero-order chi connectivity index (χ0) is 19.2. The highest BCUT2D eigenvalue weighted by Gasteiger charge is 2.29. The molecule has 6 nitrogen and oxygen atoms in total. The summed E-state index contributed by atoms with van der Waals surface area (Å²) in [7, 11) is 0. The Morgan fingerprint density at radius 2 is 1.74 bits per heavy atom. The average molecular weight is 384 g/mol. The number of aliphatic carboxylic acids is 1. The van der Waals surface area contributed by atoms with Crippen molar-refractivity contribution in [3.63, 3.8) is 0 Å². The minimum Gasteiger partial charge on any atom is -0.481 e. The maximum atomic E-state index is 12.4. The van der Waals surface area contributed by atoms with Crippen LogP contribution in [0.15, 0.2) is 48.5 Å². The first-order chi connectivity index (χ1) is 13.0. The Kier molecular flexibility index (Phi) is 6.13. The van der Waals surface area contributed by atoms with Crippen LogP contribution >= 0.6 is 11.8 Å². The number of hydrogen-bond acceptors (Lipinski definition) is 4. The van der Waals surface area contributed by atoms with Crippen LogP contribution in [0, 0.1) is 5.92 Å². The van der Waals surface area contributed by atoms with Crippen LogP contribution in [-0.4, -0.2) is 28.6 Å². The molecule has 0 bridgehead atoms. The van der Waals surface area contributed by atoms with Crippen molar-refractivity contribution in [2.75, 3.05) is 16.4 Å². The monoisotopic (exact) mass is 384 g/mol. The molecule has 7 heteroatoms. The Morgan fingerprint density at radius 1 is 1.00 bits per heavy atom. The van der Waals surface area contributed by atoms with E-state index >= 15 is 0 Å². The fraction of sp³-hybridized carbons (Fsp3) is 0.250. The number of amides is 2. The van der Waals surface area contributed by atoms with E-state index in [2.05, 4.69) is 10.6 Å². The van der Waals surface area contributed by atoms with Gasteiger partial charge in [0, 0.05) is 28.6 Å². The second kappa shape index (κ2) is 8.73. The molecule has 1 aliphatic rings. The van der Waals surface area contributed by atoms with Crippen molar-refractivity contribution in [2.24, 2.45) is 5.92 Å². The van der Waals surface area contributed by atoms with Gasteiger partial charge in [0.15, 0.2) is 0 Å². The van der Waals surface area contributed by atoms with Gasteiger partial charge < -0.3 is 15.7 Å². The van der Waals surface area contributed by atoms with Crippen LogP contribution in [0.2, 0.25) is 0 Å². The standard InChI is InChI=1S/C20H20N2O4S/c23-18(24)12-27-11-13-2-1-3-17(10-13)22-20(26)15-6-8-16(9-7-15)21-19(25)14-4-5-14/h1-3,6-10,14H,4-5,11-12H2,(H,21,25)(H,22,26)(H,23,24). The van der Waals surface area contributed by atoms with E-state index in [0.29, 0.717) is 22.7 Å². The van der Waals surface area contributed by atoms with Gasteiger partial charge in [-0.05, 0) is 54.8 Å². The molecule has 1 fully saturated rings. The molecule has 0 saturated heterocycles. The van der Waals surface area contributed by atoms with Crippen molar-refractivity contribution < 1.29 is 19.5 Å². The van der Waals surface area contributed by atoms with Crippen LogP contribution in [0.5, 0.6) is 0 Å². The largest absolute Gasteiger partial charge is 0.481 e.